The van der Waals surface area contributed by atoms with Crippen molar-refractivity contribution in [1.29, 1.82) is 0 Å². The van der Waals surface area contributed by atoms with Gasteiger partial charge in [-0.15, -0.1) is 0 Å². The van der Waals surface area contributed by atoms with E-state index >= 15 is 0 Å². The lowest BCUT2D eigenvalue weighted by Gasteiger charge is -2.47. The van der Waals surface area contributed by atoms with E-state index in [2.05, 4.69) is 16.7 Å². The van der Waals surface area contributed by atoms with Crippen LogP contribution in [-0.2, 0) is 22.6 Å². The number of ether oxygens (including phenoxy) is 1. The number of rotatable bonds is 7. The van der Waals surface area contributed by atoms with Crippen LogP contribution in [0.4, 0.5) is 10.6 Å². The molecule has 2 amide bonds. The number of pyridine rings is 1. The molecule has 0 saturated heterocycles. The zero-order valence-corrected chi connectivity index (χ0v) is 19.4. The SMILES string of the molecule is CCC(c1ccc2c(n1)NCCC2)[C@@](NC(=O)OCc1ccccc1)(C(N)=O)C(C)(C)C. The Bertz CT molecular complexity index is 955. The summed E-state index contributed by atoms with van der Waals surface area (Å²) in [5.74, 6) is -0.203. The number of aromatic nitrogens is 1. The third-order valence-corrected chi connectivity index (χ3v) is 6.29. The third-order valence-electron chi connectivity index (χ3n) is 6.29. The molecule has 2 heterocycles. The van der Waals surface area contributed by atoms with E-state index in [0.717, 1.165) is 42.0 Å². The van der Waals surface area contributed by atoms with Crippen molar-refractivity contribution < 1.29 is 14.3 Å². The number of carbonyl (C=O) groups is 2. The lowest BCUT2D eigenvalue weighted by molar-refractivity contribution is -0.130. The van der Waals surface area contributed by atoms with E-state index in [1.165, 1.54) is 0 Å². The summed E-state index contributed by atoms with van der Waals surface area (Å²) in [4.78, 5) is 30.8. The average Bonchev–Trinajstić information content (AvgIpc) is 2.77. The molecule has 0 radical (unpaired) electrons. The molecular weight excluding hydrogens is 404 g/mol. The van der Waals surface area contributed by atoms with Crippen LogP contribution in [-0.4, -0.2) is 29.1 Å². The van der Waals surface area contributed by atoms with Crippen LogP contribution in [0.25, 0.3) is 0 Å². The second kappa shape index (κ2) is 9.59. The van der Waals surface area contributed by atoms with Crippen molar-refractivity contribution in [2.75, 3.05) is 11.9 Å². The van der Waals surface area contributed by atoms with Crippen molar-refractivity contribution in [2.45, 2.75) is 65.0 Å². The van der Waals surface area contributed by atoms with Gasteiger partial charge in [0.1, 0.15) is 18.0 Å². The number of carbonyl (C=O) groups excluding carboxylic acids is 2. The van der Waals surface area contributed by atoms with Gasteiger partial charge in [0.05, 0.1) is 0 Å². The first-order valence-electron chi connectivity index (χ1n) is 11.2. The highest BCUT2D eigenvalue weighted by molar-refractivity contribution is 5.91. The Labute approximate surface area is 190 Å². The lowest BCUT2D eigenvalue weighted by atomic mass is 9.63. The lowest BCUT2D eigenvalue weighted by Crippen LogP contribution is -2.68. The number of anilines is 1. The molecule has 2 aromatic rings. The summed E-state index contributed by atoms with van der Waals surface area (Å²) in [6, 6.07) is 13.4. The molecule has 7 heteroatoms. The van der Waals surface area contributed by atoms with E-state index in [1.54, 1.807) is 0 Å². The minimum absolute atomic E-state index is 0.101. The molecule has 172 valence electrons. The molecule has 1 aromatic heterocycles. The molecule has 1 unspecified atom stereocenters. The summed E-state index contributed by atoms with van der Waals surface area (Å²) < 4.78 is 5.46. The van der Waals surface area contributed by atoms with Gasteiger partial charge in [-0.25, -0.2) is 9.78 Å². The fraction of sp³-hybridized carbons (Fsp3) is 0.480. The Morgan fingerprint density at radius 2 is 1.91 bits per heavy atom. The number of hydrogen-bond acceptors (Lipinski definition) is 5. The van der Waals surface area contributed by atoms with Crippen molar-refractivity contribution in [3.63, 3.8) is 0 Å². The van der Waals surface area contributed by atoms with Crippen molar-refractivity contribution in [1.82, 2.24) is 10.3 Å². The van der Waals surface area contributed by atoms with E-state index < -0.39 is 28.9 Å². The maximum Gasteiger partial charge on any atom is 0.408 e. The van der Waals surface area contributed by atoms with Crippen LogP contribution >= 0.6 is 0 Å². The number of alkyl carbamates (subject to hydrolysis) is 1. The average molecular weight is 439 g/mol. The van der Waals surface area contributed by atoms with Gasteiger partial charge in [0.15, 0.2) is 0 Å². The monoisotopic (exact) mass is 438 g/mol. The normalized spacial score (nSPS) is 16.1. The summed E-state index contributed by atoms with van der Waals surface area (Å²) >= 11 is 0. The van der Waals surface area contributed by atoms with Gasteiger partial charge in [0.2, 0.25) is 5.91 Å². The van der Waals surface area contributed by atoms with Crippen LogP contribution in [0.2, 0.25) is 0 Å². The van der Waals surface area contributed by atoms with Crippen molar-refractivity contribution in [3.05, 3.63) is 59.3 Å². The first kappa shape index (κ1) is 23.6. The molecule has 3 rings (SSSR count). The largest absolute Gasteiger partial charge is 0.445 e. The van der Waals surface area contributed by atoms with Crippen LogP contribution in [0, 0.1) is 5.41 Å². The van der Waals surface area contributed by atoms with E-state index in [4.69, 9.17) is 15.5 Å². The molecule has 0 aliphatic carbocycles. The number of primary amides is 1. The van der Waals surface area contributed by atoms with Gasteiger partial charge < -0.3 is 21.1 Å². The Hall–Kier alpha value is -3.09. The molecule has 7 nitrogen and oxygen atoms in total. The maximum atomic E-state index is 13.0. The smallest absolute Gasteiger partial charge is 0.408 e. The minimum atomic E-state index is -1.40. The summed E-state index contributed by atoms with van der Waals surface area (Å²) in [6.07, 6.45) is 1.91. The van der Waals surface area contributed by atoms with Crippen LogP contribution in [0.3, 0.4) is 0 Å². The predicted molar refractivity (Wildman–Crippen MR) is 125 cm³/mol. The second-order valence-corrected chi connectivity index (χ2v) is 9.34. The predicted octanol–water partition coefficient (Wildman–Crippen LogP) is 4.13. The molecule has 1 aliphatic heterocycles. The number of fused-ring (bicyclic) bond motifs is 1. The molecule has 0 bridgehead atoms. The molecule has 4 N–H and O–H groups in total. The van der Waals surface area contributed by atoms with Crippen LogP contribution in [0.15, 0.2) is 42.5 Å². The summed E-state index contributed by atoms with van der Waals surface area (Å²) in [6.45, 7) is 8.63. The third kappa shape index (κ3) is 4.71. The number of nitrogens with two attached hydrogens (primary N) is 1. The fourth-order valence-corrected chi connectivity index (χ4v) is 4.60. The number of hydrogen-bond donors (Lipinski definition) is 3. The van der Waals surface area contributed by atoms with Gasteiger partial charge >= 0.3 is 6.09 Å². The molecular formula is C25H34N4O3. The van der Waals surface area contributed by atoms with Gasteiger partial charge in [-0.05, 0) is 41.9 Å². The highest BCUT2D eigenvalue weighted by Gasteiger charge is 2.55. The number of amides is 2. The molecule has 0 spiro atoms. The van der Waals surface area contributed by atoms with Crippen molar-refractivity contribution in [3.8, 4) is 0 Å². The summed E-state index contributed by atoms with van der Waals surface area (Å²) in [7, 11) is 0. The zero-order chi connectivity index (χ0) is 23.4. The van der Waals surface area contributed by atoms with E-state index in [-0.39, 0.29) is 6.61 Å². The van der Waals surface area contributed by atoms with Gasteiger partial charge in [-0.3, -0.25) is 4.79 Å². The standard InChI is InChI=1S/C25H34N4O3/c1-5-19(20-14-13-18-12-9-15-27-21(18)28-20)25(22(26)30,24(2,3)4)29-23(31)32-16-17-10-7-6-8-11-17/h6-8,10-11,13-14,19H,5,9,12,15-16H2,1-4H3,(H2,26,30)(H,27,28)(H,29,31)/t19?,25-/m1/s1. The number of benzene rings is 1. The van der Waals surface area contributed by atoms with Crippen LogP contribution < -0.4 is 16.4 Å². The van der Waals surface area contributed by atoms with E-state index in [9.17, 15) is 9.59 Å². The Morgan fingerprint density at radius 1 is 1.19 bits per heavy atom. The first-order valence-corrected chi connectivity index (χ1v) is 11.2. The Kier molecular flexibility index (Phi) is 7.06. The van der Waals surface area contributed by atoms with E-state index in [1.807, 2.05) is 64.1 Å². The molecule has 32 heavy (non-hydrogen) atoms. The molecule has 2 atom stereocenters. The van der Waals surface area contributed by atoms with Gasteiger partial charge in [0.25, 0.3) is 0 Å². The topological polar surface area (TPSA) is 106 Å². The van der Waals surface area contributed by atoms with Gasteiger partial charge in [-0.2, -0.15) is 0 Å². The van der Waals surface area contributed by atoms with Crippen LogP contribution in [0.1, 0.15) is 63.3 Å². The Balaban J connectivity index is 1.94. The first-order chi connectivity index (χ1) is 15.2. The second-order valence-electron chi connectivity index (χ2n) is 9.34. The summed E-state index contributed by atoms with van der Waals surface area (Å²) in [5, 5.41) is 6.21. The highest BCUT2D eigenvalue weighted by atomic mass is 16.5. The van der Waals surface area contributed by atoms with Crippen molar-refractivity contribution >= 4 is 17.8 Å². The highest BCUT2D eigenvalue weighted by Crippen LogP contribution is 2.44. The number of nitrogens with one attached hydrogen (secondary N) is 2. The van der Waals surface area contributed by atoms with Crippen LogP contribution in [0.5, 0.6) is 0 Å². The molecule has 1 aliphatic rings. The summed E-state index contributed by atoms with van der Waals surface area (Å²) in [5.41, 5.74) is 6.65. The van der Waals surface area contributed by atoms with Gasteiger partial charge in [-0.1, -0.05) is 64.1 Å². The van der Waals surface area contributed by atoms with E-state index in [0.29, 0.717) is 6.42 Å². The molecule has 1 aromatic carbocycles. The van der Waals surface area contributed by atoms with Crippen molar-refractivity contribution in [2.24, 2.45) is 11.1 Å². The maximum absolute atomic E-state index is 13.0. The minimum Gasteiger partial charge on any atom is -0.445 e. The fourth-order valence-electron chi connectivity index (χ4n) is 4.60. The quantitative estimate of drug-likeness (QED) is 0.603. The Morgan fingerprint density at radius 3 is 2.53 bits per heavy atom. The van der Waals surface area contributed by atoms with Gasteiger partial charge in [0, 0.05) is 18.2 Å². The number of aryl methyl sites for hydroxylation is 1. The number of nitrogens with zero attached hydrogens (tertiary/aromatic N) is 1. The molecule has 0 saturated carbocycles. The zero-order valence-electron chi connectivity index (χ0n) is 19.4. The molecule has 0 fully saturated rings.